The number of pyridine rings is 1. The van der Waals surface area contributed by atoms with Gasteiger partial charge in [0.25, 0.3) is 5.91 Å². The third-order valence-electron chi connectivity index (χ3n) is 6.85. The fourth-order valence-electron chi connectivity index (χ4n) is 4.62. The summed E-state index contributed by atoms with van der Waals surface area (Å²) < 4.78 is 1.71. The highest BCUT2D eigenvalue weighted by molar-refractivity contribution is 5.96. The van der Waals surface area contributed by atoms with E-state index in [1.54, 1.807) is 4.57 Å². The molecule has 0 spiro atoms. The van der Waals surface area contributed by atoms with Gasteiger partial charge in [0.1, 0.15) is 5.56 Å². The molecule has 40 heavy (non-hydrogen) atoms. The van der Waals surface area contributed by atoms with Gasteiger partial charge >= 0.3 is 0 Å². The molecule has 206 valence electrons. The second-order valence-corrected chi connectivity index (χ2v) is 9.53. The standard InChI is InChI=1S/C29H31N7O4/c1-3-19-6-10-22(11-7-19)36-17-24(28(39)34-40-2)26(38)23-16-31-29(33-27(23)36)32-21-8-4-20(5-9-21)12-14-35-15-13-30-25(37)18-35/h4-11,16-17H,3,12-15,18H2,1-2H3,(H,30,37)(H,34,39)(H,31,32,33). The van der Waals surface area contributed by atoms with Gasteiger partial charge < -0.3 is 15.2 Å². The Labute approximate surface area is 231 Å². The van der Waals surface area contributed by atoms with E-state index in [1.807, 2.05) is 48.5 Å². The summed E-state index contributed by atoms with van der Waals surface area (Å²) in [5.74, 6) is -0.273. The maximum atomic E-state index is 13.2. The molecule has 0 aliphatic carbocycles. The van der Waals surface area contributed by atoms with Crippen molar-refractivity contribution in [2.45, 2.75) is 19.8 Å². The van der Waals surface area contributed by atoms with Crippen LogP contribution in [0.4, 0.5) is 11.6 Å². The van der Waals surface area contributed by atoms with Crippen LogP contribution in [0.5, 0.6) is 0 Å². The Morgan fingerprint density at radius 2 is 1.82 bits per heavy atom. The number of anilines is 2. The van der Waals surface area contributed by atoms with Crippen LogP contribution >= 0.6 is 0 Å². The van der Waals surface area contributed by atoms with E-state index in [2.05, 4.69) is 37.9 Å². The van der Waals surface area contributed by atoms with Crippen molar-refractivity contribution in [1.29, 1.82) is 0 Å². The summed E-state index contributed by atoms with van der Waals surface area (Å²) in [6, 6.07) is 15.8. The first-order valence-corrected chi connectivity index (χ1v) is 13.1. The number of hydrogen-bond donors (Lipinski definition) is 3. The largest absolute Gasteiger partial charge is 0.354 e. The molecule has 0 bridgehead atoms. The predicted octanol–water partition coefficient (Wildman–Crippen LogP) is 2.35. The van der Waals surface area contributed by atoms with E-state index in [0.29, 0.717) is 24.7 Å². The number of aryl methyl sites for hydroxylation is 1. The summed E-state index contributed by atoms with van der Waals surface area (Å²) in [6.45, 7) is 4.87. The number of hydrogen-bond acceptors (Lipinski definition) is 8. The van der Waals surface area contributed by atoms with Crippen molar-refractivity contribution in [2.75, 3.05) is 38.6 Å². The normalized spacial score (nSPS) is 13.7. The molecule has 2 amide bonds. The number of benzene rings is 2. The Hall–Kier alpha value is -4.61. The van der Waals surface area contributed by atoms with Crippen molar-refractivity contribution in [3.05, 3.63) is 87.8 Å². The van der Waals surface area contributed by atoms with Crippen LogP contribution in [0.1, 0.15) is 28.4 Å². The molecule has 4 aromatic rings. The smallest absolute Gasteiger partial charge is 0.280 e. The SMILES string of the molecule is CCc1ccc(-n2cc(C(=O)NOC)c(=O)c3cnc(Nc4ccc(CCN5CCNC(=O)C5)cc4)nc32)cc1. The Morgan fingerprint density at radius 3 is 2.52 bits per heavy atom. The van der Waals surface area contributed by atoms with Crippen LogP contribution in [-0.4, -0.2) is 64.5 Å². The molecule has 5 rings (SSSR count). The van der Waals surface area contributed by atoms with Gasteiger partial charge in [-0.3, -0.25) is 24.1 Å². The van der Waals surface area contributed by atoms with Gasteiger partial charge in [-0.1, -0.05) is 31.2 Å². The highest BCUT2D eigenvalue weighted by Gasteiger charge is 2.19. The van der Waals surface area contributed by atoms with Crippen LogP contribution in [-0.2, 0) is 22.5 Å². The van der Waals surface area contributed by atoms with Crippen LogP contribution in [0.3, 0.4) is 0 Å². The maximum absolute atomic E-state index is 13.2. The monoisotopic (exact) mass is 541 g/mol. The van der Waals surface area contributed by atoms with E-state index >= 15 is 0 Å². The molecule has 1 saturated heterocycles. The second kappa shape index (κ2) is 12.1. The first-order chi connectivity index (χ1) is 19.4. The fourth-order valence-corrected chi connectivity index (χ4v) is 4.62. The summed E-state index contributed by atoms with van der Waals surface area (Å²) in [7, 11) is 1.31. The molecule has 1 fully saturated rings. The van der Waals surface area contributed by atoms with Crippen LogP contribution in [0.2, 0.25) is 0 Å². The van der Waals surface area contributed by atoms with E-state index in [1.165, 1.54) is 19.5 Å². The summed E-state index contributed by atoms with van der Waals surface area (Å²) in [5, 5.41) is 6.26. The molecule has 0 saturated carbocycles. The van der Waals surface area contributed by atoms with Crippen molar-refractivity contribution in [3.63, 3.8) is 0 Å². The average molecular weight is 542 g/mol. The van der Waals surface area contributed by atoms with Crippen LogP contribution in [0.25, 0.3) is 16.7 Å². The van der Waals surface area contributed by atoms with Gasteiger partial charge in [-0.05, 0) is 48.2 Å². The first-order valence-electron chi connectivity index (χ1n) is 13.1. The lowest BCUT2D eigenvalue weighted by atomic mass is 10.1. The van der Waals surface area contributed by atoms with E-state index in [-0.39, 0.29) is 16.9 Å². The molecule has 0 atom stereocenters. The van der Waals surface area contributed by atoms with Gasteiger partial charge in [-0.15, -0.1) is 0 Å². The predicted molar refractivity (Wildman–Crippen MR) is 152 cm³/mol. The number of nitrogens with zero attached hydrogens (tertiary/aromatic N) is 4. The molecule has 11 nitrogen and oxygen atoms in total. The number of hydroxylamine groups is 1. The summed E-state index contributed by atoms with van der Waals surface area (Å²) in [4.78, 5) is 53.2. The third-order valence-corrected chi connectivity index (χ3v) is 6.85. The van der Waals surface area contributed by atoms with Gasteiger partial charge in [0, 0.05) is 43.4 Å². The average Bonchev–Trinajstić information content (AvgIpc) is 2.97. The zero-order valence-corrected chi connectivity index (χ0v) is 22.4. The summed E-state index contributed by atoms with van der Waals surface area (Å²) in [5.41, 5.74) is 5.85. The molecule has 0 radical (unpaired) electrons. The van der Waals surface area contributed by atoms with Gasteiger partial charge in [0.2, 0.25) is 17.3 Å². The Bertz CT molecular complexity index is 1580. The number of carbonyl (C=O) groups is 2. The number of aromatic nitrogens is 3. The zero-order chi connectivity index (χ0) is 28.1. The molecular weight excluding hydrogens is 510 g/mol. The minimum absolute atomic E-state index is 0.0686. The number of nitrogens with one attached hydrogen (secondary N) is 3. The molecule has 2 aromatic carbocycles. The molecule has 1 aliphatic rings. The van der Waals surface area contributed by atoms with Crippen molar-refractivity contribution < 1.29 is 14.4 Å². The highest BCUT2D eigenvalue weighted by atomic mass is 16.6. The van der Waals surface area contributed by atoms with E-state index in [9.17, 15) is 14.4 Å². The van der Waals surface area contributed by atoms with Crippen LogP contribution in [0.15, 0.2) is 65.7 Å². The van der Waals surface area contributed by atoms with Crippen molar-refractivity contribution in [1.82, 2.24) is 30.2 Å². The third kappa shape index (κ3) is 6.00. The number of rotatable bonds is 9. The minimum atomic E-state index is -0.654. The topological polar surface area (TPSA) is 130 Å². The molecule has 3 heterocycles. The molecule has 2 aromatic heterocycles. The zero-order valence-electron chi connectivity index (χ0n) is 22.4. The molecular formula is C29H31N7O4. The molecule has 3 N–H and O–H groups in total. The number of fused-ring (bicyclic) bond motifs is 1. The summed E-state index contributed by atoms with van der Waals surface area (Å²) >= 11 is 0. The van der Waals surface area contributed by atoms with Crippen LogP contribution < -0.4 is 21.5 Å². The number of carbonyl (C=O) groups excluding carboxylic acids is 2. The van der Waals surface area contributed by atoms with Crippen molar-refractivity contribution in [3.8, 4) is 5.69 Å². The maximum Gasteiger partial charge on any atom is 0.280 e. The van der Waals surface area contributed by atoms with Gasteiger partial charge in [0.05, 0.1) is 19.0 Å². The first kappa shape index (κ1) is 27.0. The molecule has 1 aliphatic heterocycles. The van der Waals surface area contributed by atoms with E-state index in [4.69, 9.17) is 4.84 Å². The summed E-state index contributed by atoms with van der Waals surface area (Å²) in [6.07, 6.45) is 4.62. The fraction of sp³-hybridized carbons (Fsp3) is 0.276. The van der Waals surface area contributed by atoms with Gasteiger partial charge in [-0.2, -0.15) is 4.98 Å². The number of amides is 2. The quantitative estimate of drug-likeness (QED) is 0.275. The highest BCUT2D eigenvalue weighted by Crippen LogP contribution is 2.20. The minimum Gasteiger partial charge on any atom is -0.354 e. The Kier molecular flexibility index (Phi) is 8.13. The van der Waals surface area contributed by atoms with Crippen LogP contribution in [0, 0.1) is 0 Å². The lowest BCUT2D eigenvalue weighted by molar-refractivity contribution is -0.124. The van der Waals surface area contributed by atoms with Crippen molar-refractivity contribution in [2.24, 2.45) is 0 Å². The van der Waals surface area contributed by atoms with E-state index in [0.717, 1.165) is 48.4 Å². The lowest BCUT2D eigenvalue weighted by Gasteiger charge is -2.26. The Morgan fingerprint density at radius 1 is 1.07 bits per heavy atom. The number of piperazine rings is 1. The lowest BCUT2D eigenvalue weighted by Crippen LogP contribution is -2.48. The van der Waals surface area contributed by atoms with E-state index < -0.39 is 11.3 Å². The molecule has 11 heteroatoms. The van der Waals surface area contributed by atoms with Gasteiger partial charge in [-0.25, -0.2) is 10.5 Å². The Balaban J connectivity index is 1.41. The molecule has 0 unspecified atom stereocenters. The van der Waals surface area contributed by atoms with Crippen molar-refractivity contribution >= 4 is 34.5 Å². The van der Waals surface area contributed by atoms with Gasteiger partial charge in [0.15, 0.2) is 5.65 Å². The second-order valence-electron chi connectivity index (χ2n) is 9.53.